The number of nitrogen functional groups attached to an aromatic ring is 1. The summed E-state index contributed by atoms with van der Waals surface area (Å²) in [6, 6.07) is 0. The molecule has 0 aliphatic heterocycles. The average Bonchev–Trinajstić information content (AvgIpc) is 3.19. The molecule has 0 radical (unpaired) electrons. The van der Waals surface area contributed by atoms with Crippen molar-refractivity contribution in [3.05, 3.63) is 11.5 Å². The van der Waals surface area contributed by atoms with Crippen molar-refractivity contribution in [1.82, 2.24) is 9.55 Å². The van der Waals surface area contributed by atoms with Crippen molar-refractivity contribution in [2.75, 3.05) is 5.73 Å². The van der Waals surface area contributed by atoms with Crippen LogP contribution in [-0.2, 0) is 6.54 Å². The Morgan fingerprint density at radius 3 is 2.32 bits per heavy atom. The predicted octanol–water partition coefficient (Wildman–Crippen LogP) is 4.05. The number of hydrogen-bond donors (Lipinski definition) is 1. The molecule has 2 aliphatic carbocycles. The minimum atomic E-state index is 0.617. The Labute approximate surface area is 116 Å². The SMILES string of the molecule is CCCn1c(C2CC2)nc(C2CCC(C)CC2)c1N. The lowest BCUT2D eigenvalue weighted by atomic mass is 9.81. The van der Waals surface area contributed by atoms with E-state index in [9.17, 15) is 0 Å². The molecule has 3 nitrogen and oxygen atoms in total. The Bertz CT molecular complexity index is 437. The zero-order chi connectivity index (χ0) is 13.4. The Kier molecular flexibility index (Phi) is 3.55. The molecule has 0 unspecified atom stereocenters. The zero-order valence-corrected chi connectivity index (χ0v) is 12.4. The van der Waals surface area contributed by atoms with Crippen molar-refractivity contribution in [2.24, 2.45) is 5.92 Å². The molecule has 2 fully saturated rings. The standard InChI is InChI=1S/C16H27N3/c1-3-10-19-15(17)14(18-16(19)13-8-9-13)12-6-4-11(2)5-7-12/h11-13H,3-10,17H2,1-2H3. The summed E-state index contributed by atoms with van der Waals surface area (Å²) in [5.41, 5.74) is 7.65. The molecule has 0 saturated heterocycles. The van der Waals surface area contributed by atoms with E-state index in [1.54, 1.807) is 0 Å². The molecule has 0 atom stereocenters. The van der Waals surface area contributed by atoms with Crippen LogP contribution in [0.4, 0.5) is 5.82 Å². The maximum Gasteiger partial charge on any atom is 0.127 e. The normalized spacial score (nSPS) is 27.7. The van der Waals surface area contributed by atoms with Crippen LogP contribution in [-0.4, -0.2) is 9.55 Å². The predicted molar refractivity (Wildman–Crippen MR) is 79.3 cm³/mol. The van der Waals surface area contributed by atoms with Crippen LogP contribution >= 0.6 is 0 Å². The van der Waals surface area contributed by atoms with E-state index in [1.807, 2.05) is 0 Å². The first-order valence-electron chi connectivity index (χ1n) is 8.06. The van der Waals surface area contributed by atoms with Crippen molar-refractivity contribution < 1.29 is 0 Å². The van der Waals surface area contributed by atoms with Gasteiger partial charge in [-0.3, -0.25) is 0 Å². The topological polar surface area (TPSA) is 43.8 Å². The fourth-order valence-corrected chi connectivity index (χ4v) is 3.45. The molecular weight excluding hydrogens is 234 g/mol. The van der Waals surface area contributed by atoms with Crippen LogP contribution in [0.1, 0.15) is 82.1 Å². The van der Waals surface area contributed by atoms with Gasteiger partial charge in [-0.2, -0.15) is 0 Å². The van der Waals surface area contributed by atoms with Gasteiger partial charge in [-0.05, 0) is 38.0 Å². The zero-order valence-electron chi connectivity index (χ0n) is 12.4. The summed E-state index contributed by atoms with van der Waals surface area (Å²) in [5, 5.41) is 0. The lowest BCUT2D eigenvalue weighted by molar-refractivity contribution is 0.345. The molecule has 2 aliphatic rings. The Morgan fingerprint density at radius 1 is 1.11 bits per heavy atom. The fourth-order valence-electron chi connectivity index (χ4n) is 3.45. The Balaban J connectivity index is 1.86. The summed E-state index contributed by atoms with van der Waals surface area (Å²) >= 11 is 0. The number of nitrogens with zero attached hydrogens (tertiary/aromatic N) is 2. The minimum absolute atomic E-state index is 0.617. The van der Waals surface area contributed by atoms with Crippen molar-refractivity contribution in [3.8, 4) is 0 Å². The highest BCUT2D eigenvalue weighted by Gasteiger charge is 2.33. The second-order valence-corrected chi connectivity index (χ2v) is 6.62. The van der Waals surface area contributed by atoms with Crippen LogP contribution < -0.4 is 5.73 Å². The molecule has 2 N–H and O–H groups in total. The van der Waals surface area contributed by atoms with Gasteiger partial charge in [0.05, 0.1) is 5.69 Å². The van der Waals surface area contributed by atoms with E-state index >= 15 is 0 Å². The number of nitrogens with two attached hydrogens (primary N) is 1. The van der Waals surface area contributed by atoms with Crippen molar-refractivity contribution in [1.29, 1.82) is 0 Å². The van der Waals surface area contributed by atoms with Gasteiger partial charge in [0.1, 0.15) is 11.6 Å². The van der Waals surface area contributed by atoms with Gasteiger partial charge < -0.3 is 10.3 Å². The first kappa shape index (κ1) is 13.0. The molecule has 3 heteroatoms. The lowest BCUT2D eigenvalue weighted by Crippen LogP contribution is -2.13. The lowest BCUT2D eigenvalue weighted by Gasteiger charge is -2.25. The molecule has 0 spiro atoms. The van der Waals surface area contributed by atoms with E-state index < -0.39 is 0 Å². The van der Waals surface area contributed by atoms with Gasteiger partial charge in [0, 0.05) is 18.4 Å². The summed E-state index contributed by atoms with van der Waals surface area (Å²) < 4.78 is 2.31. The number of imidazole rings is 1. The van der Waals surface area contributed by atoms with Crippen LogP contribution in [0, 0.1) is 5.92 Å². The summed E-state index contributed by atoms with van der Waals surface area (Å²) in [4.78, 5) is 4.98. The Hall–Kier alpha value is -0.990. The maximum absolute atomic E-state index is 6.42. The monoisotopic (exact) mass is 261 g/mol. The van der Waals surface area contributed by atoms with Crippen LogP contribution in [0.25, 0.3) is 0 Å². The highest BCUT2D eigenvalue weighted by molar-refractivity contribution is 5.42. The number of anilines is 1. The van der Waals surface area contributed by atoms with Gasteiger partial charge in [0.15, 0.2) is 0 Å². The number of rotatable bonds is 4. The number of aromatic nitrogens is 2. The third-order valence-corrected chi connectivity index (χ3v) is 4.86. The average molecular weight is 261 g/mol. The highest BCUT2D eigenvalue weighted by Crippen LogP contribution is 2.44. The molecular formula is C16H27N3. The summed E-state index contributed by atoms with van der Waals surface area (Å²) in [6.07, 6.45) is 8.98. The first-order chi connectivity index (χ1) is 9.20. The van der Waals surface area contributed by atoms with Crippen molar-refractivity contribution >= 4 is 5.82 Å². The maximum atomic E-state index is 6.42. The molecule has 0 amide bonds. The second kappa shape index (κ2) is 5.18. The van der Waals surface area contributed by atoms with E-state index in [4.69, 9.17) is 10.7 Å². The van der Waals surface area contributed by atoms with E-state index in [0.717, 1.165) is 24.7 Å². The van der Waals surface area contributed by atoms with E-state index in [0.29, 0.717) is 11.8 Å². The van der Waals surface area contributed by atoms with E-state index in [1.165, 1.54) is 50.0 Å². The van der Waals surface area contributed by atoms with Gasteiger partial charge >= 0.3 is 0 Å². The van der Waals surface area contributed by atoms with Crippen molar-refractivity contribution in [2.45, 2.75) is 77.2 Å². The van der Waals surface area contributed by atoms with Crippen LogP contribution in [0.3, 0.4) is 0 Å². The summed E-state index contributed by atoms with van der Waals surface area (Å²) in [7, 11) is 0. The van der Waals surface area contributed by atoms with Crippen molar-refractivity contribution in [3.63, 3.8) is 0 Å². The summed E-state index contributed by atoms with van der Waals surface area (Å²) in [5.74, 6) is 4.46. The van der Waals surface area contributed by atoms with Gasteiger partial charge in [0.25, 0.3) is 0 Å². The molecule has 0 aromatic carbocycles. The van der Waals surface area contributed by atoms with Gasteiger partial charge in [-0.1, -0.05) is 26.7 Å². The largest absolute Gasteiger partial charge is 0.384 e. The molecule has 2 saturated carbocycles. The molecule has 19 heavy (non-hydrogen) atoms. The van der Waals surface area contributed by atoms with Gasteiger partial charge in [0.2, 0.25) is 0 Å². The van der Waals surface area contributed by atoms with Crippen LogP contribution in [0.15, 0.2) is 0 Å². The van der Waals surface area contributed by atoms with Crippen LogP contribution in [0.5, 0.6) is 0 Å². The minimum Gasteiger partial charge on any atom is -0.384 e. The van der Waals surface area contributed by atoms with E-state index in [-0.39, 0.29) is 0 Å². The van der Waals surface area contributed by atoms with Gasteiger partial charge in [-0.15, -0.1) is 0 Å². The van der Waals surface area contributed by atoms with Crippen LogP contribution in [0.2, 0.25) is 0 Å². The fraction of sp³-hybridized carbons (Fsp3) is 0.812. The van der Waals surface area contributed by atoms with Gasteiger partial charge in [-0.25, -0.2) is 4.98 Å². The third kappa shape index (κ3) is 2.52. The molecule has 106 valence electrons. The Morgan fingerprint density at radius 2 is 1.74 bits per heavy atom. The van der Waals surface area contributed by atoms with E-state index in [2.05, 4.69) is 18.4 Å². The molecule has 1 heterocycles. The number of hydrogen-bond acceptors (Lipinski definition) is 2. The summed E-state index contributed by atoms with van der Waals surface area (Å²) in [6.45, 7) is 5.62. The highest BCUT2D eigenvalue weighted by atomic mass is 15.2. The quantitative estimate of drug-likeness (QED) is 0.888. The molecule has 1 aromatic rings. The molecule has 1 aromatic heterocycles. The second-order valence-electron chi connectivity index (χ2n) is 6.62. The first-order valence-corrected chi connectivity index (χ1v) is 8.06. The third-order valence-electron chi connectivity index (χ3n) is 4.86. The molecule has 0 bridgehead atoms. The smallest absolute Gasteiger partial charge is 0.127 e. The molecule has 3 rings (SSSR count).